The van der Waals surface area contributed by atoms with E-state index < -0.39 is 5.91 Å². The zero-order valence-electron chi connectivity index (χ0n) is 13.6. The Morgan fingerprint density at radius 3 is 2.46 bits per heavy atom. The van der Waals surface area contributed by atoms with E-state index >= 15 is 0 Å². The van der Waals surface area contributed by atoms with Crippen molar-refractivity contribution in [2.75, 3.05) is 0 Å². The molecule has 0 saturated carbocycles. The van der Waals surface area contributed by atoms with Gasteiger partial charge in [0, 0.05) is 5.56 Å². The number of pyridine rings is 1. The van der Waals surface area contributed by atoms with E-state index in [0.29, 0.717) is 22.3 Å². The van der Waals surface area contributed by atoms with Crippen LogP contribution in [0.25, 0.3) is 28.0 Å². The Labute approximate surface area is 148 Å². The van der Waals surface area contributed by atoms with Crippen LogP contribution in [-0.4, -0.2) is 25.8 Å². The number of phenolic OH excluding ortho intramolecular Hbond substituents is 1. The summed E-state index contributed by atoms with van der Waals surface area (Å²) in [4.78, 5) is 16.7. The second kappa shape index (κ2) is 6.30. The first kappa shape index (κ1) is 15.8. The lowest BCUT2D eigenvalue weighted by Crippen LogP contribution is -2.30. The van der Waals surface area contributed by atoms with Gasteiger partial charge in [0.05, 0.1) is 16.8 Å². The fourth-order valence-corrected chi connectivity index (χ4v) is 2.82. The molecule has 7 heteroatoms. The van der Waals surface area contributed by atoms with Gasteiger partial charge in [0.15, 0.2) is 11.3 Å². The third-order valence-corrected chi connectivity index (χ3v) is 4.06. The zero-order valence-corrected chi connectivity index (χ0v) is 13.6. The van der Waals surface area contributed by atoms with Crippen LogP contribution >= 0.6 is 0 Å². The first-order valence-electron chi connectivity index (χ1n) is 7.93. The maximum absolute atomic E-state index is 12.1. The molecule has 2 heterocycles. The summed E-state index contributed by atoms with van der Waals surface area (Å²) >= 11 is 0. The van der Waals surface area contributed by atoms with Gasteiger partial charge in [-0.1, -0.05) is 30.3 Å². The summed E-state index contributed by atoms with van der Waals surface area (Å²) in [5, 5.41) is 15.1. The van der Waals surface area contributed by atoms with Gasteiger partial charge in [-0.15, -0.1) is 0 Å². The maximum Gasteiger partial charge on any atom is 0.286 e. The van der Waals surface area contributed by atoms with E-state index in [-0.39, 0.29) is 11.4 Å². The van der Waals surface area contributed by atoms with Gasteiger partial charge in [0.1, 0.15) is 5.75 Å². The topological polar surface area (TPSA) is 106 Å². The molecule has 0 atom stereocenters. The molecule has 0 aliphatic carbocycles. The van der Waals surface area contributed by atoms with E-state index in [1.165, 1.54) is 0 Å². The number of rotatable bonds is 3. The lowest BCUT2D eigenvalue weighted by Gasteiger charge is -2.06. The van der Waals surface area contributed by atoms with E-state index in [1.54, 1.807) is 35.0 Å². The lowest BCUT2D eigenvalue weighted by atomic mass is 10.1. The standard InChI is InChI=1S/C19H15N5O2/c20-22-19(26)17-14-10-11-15(13-8-4-5-9-16(13)25)21-18(14)24(23-17)12-6-2-1-3-7-12/h1-11,25H,20H2,(H,22,26). The Morgan fingerprint density at radius 2 is 1.73 bits per heavy atom. The maximum atomic E-state index is 12.1. The number of para-hydroxylation sites is 2. The molecule has 0 spiro atoms. The van der Waals surface area contributed by atoms with E-state index in [9.17, 15) is 9.90 Å². The second-order valence-electron chi connectivity index (χ2n) is 5.65. The molecule has 0 bridgehead atoms. The molecule has 0 saturated heterocycles. The number of aromatic nitrogens is 3. The van der Waals surface area contributed by atoms with Crippen molar-refractivity contribution in [1.82, 2.24) is 20.2 Å². The van der Waals surface area contributed by atoms with Crippen molar-refractivity contribution in [2.24, 2.45) is 5.84 Å². The largest absolute Gasteiger partial charge is 0.507 e. The Balaban J connectivity index is 1.99. The summed E-state index contributed by atoms with van der Waals surface area (Å²) in [5.74, 6) is 4.91. The molecule has 2 aromatic heterocycles. The molecule has 26 heavy (non-hydrogen) atoms. The highest BCUT2D eigenvalue weighted by atomic mass is 16.3. The van der Waals surface area contributed by atoms with Crippen molar-refractivity contribution in [3.8, 4) is 22.7 Å². The van der Waals surface area contributed by atoms with Crippen LogP contribution in [0.5, 0.6) is 5.75 Å². The van der Waals surface area contributed by atoms with Crippen molar-refractivity contribution >= 4 is 16.9 Å². The van der Waals surface area contributed by atoms with Gasteiger partial charge in [-0.05, 0) is 36.4 Å². The van der Waals surface area contributed by atoms with Crippen molar-refractivity contribution in [1.29, 1.82) is 0 Å². The molecule has 1 amide bonds. The van der Waals surface area contributed by atoms with Gasteiger partial charge in [0.2, 0.25) is 0 Å². The molecule has 0 aliphatic rings. The number of carbonyl (C=O) groups is 1. The van der Waals surface area contributed by atoms with Crippen LogP contribution in [0.2, 0.25) is 0 Å². The first-order valence-corrected chi connectivity index (χ1v) is 7.93. The number of nitrogens with two attached hydrogens (primary N) is 1. The first-order chi connectivity index (χ1) is 12.7. The highest BCUT2D eigenvalue weighted by molar-refractivity contribution is 6.04. The van der Waals surface area contributed by atoms with Gasteiger partial charge in [-0.25, -0.2) is 15.5 Å². The molecule has 128 valence electrons. The van der Waals surface area contributed by atoms with E-state index in [1.807, 2.05) is 36.4 Å². The van der Waals surface area contributed by atoms with Gasteiger partial charge >= 0.3 is 0 Å². The molecule has 0 fully saturated rings. The summed E-state index contributed by atoms with van der Waals surface area (Å²) < 4.78 is 1.59. The lowest BCUT2D eigenvalue weighted by molar-refractivity contribution is 0.0950. The van der Waals surface area contributed by atoms with Crippen LogP contribution in [0, 0.1) is 0 Å². The number of benzene rings is 2. The van der Waals surface area contributed by atoms with Gasteiger partial charge in [-0.3, -0.25) is 10.2 Å². The van der Waals surface area contributed by atoms with Crippen LogP contribution < -0.4 is 11.3 Å². The Kier molecular flexibility index (Phi) is 3.83. The summed E-state index contributed by atoms with van der Waals surface area (Å²) in [5.41, 5.74) is 4.72. The third kappa shape index (κ3) is 2.56. The molecular weight excluding hydrogens is 330 g/mol. The molecule has 4 N–H and O–H groups in total. The monoisotopic (exact) mass is 345 g/mol. The number of nitrogens with zero attached hydrogens (tertiary/aromatic N) is 3. The highest BCUT2D eigenvalue weighted by Gasteiger charge is 2.19. The van der Waals surface area contributed by atoms with E-state index in [2.05, 4.69) is 15.5 Å². The number of carbonyl (C=O) groups excluding carboxylic acids is 1. The Bertz CT molecular complexity index is 1110. The summed E-state index contributed by atoms with van der Waals surface area (Å²) in [6, 6.07) is 19.8. The molecule has 0 unspecified atom stereocenters. The predicted molar refractivity (Wildman–Crippen MR) is 97.6 cm³/mol. The summed E-state index contributed by atoms with van der Waals surface area (Å²) in [6.45, 7) is 0. The van der Waals surface area contributed by atoms with E-state index in [4.69, 9.17) is 5.84 Å². The van der Waals surface area contributed by atoms with Crippen LogP contribution in [0.3, 0.4) is 0 Å². The molecule has 4 rings (SSSR count). The van der Waals surface area contributed by atoms with Crippen LogP contribution in [0.4, 0.5) is 0 Å². The predicted octanol–water partition coefficient (Wildman–Crippen LogP) is 2.40. The van der Waals surface area contributed by atoms with Gasteiger partial charge in [-0.2, -0.15) is 5.10 Å². The minimum atomic E-state index is -0.498. The highest BCUT2D eigenvalue weighted by Crippen LogP contribution is 2.30. The number of fused-ring (bicyclic) bond motifs is 1. The number of amides is 1. The van der Waals surface area contributed by atoms with Gasteiger partial charge in [0.25, 0.3) is 5.91 Å². The molecule has 2 aromatic carbocycles. The molecule has 4 aromatic rings. The van der Waals surface area contributed by atoms with Gasteiger partial charge < -0.3 is 5.11 Å². The fourth-order valence-electron chi connectivity index (χ4n) is 2.82. The third-order valence-electron chi connectivity index (χ3n) is 4.06. The number of nitrogens with one attached hydrogen (secondary N) is 1. The fraction of sp³-hybridized carbons (Fsp3) is 0. The van der Waals surface area contributed by atoms with Crippen molar-refractivity contribution in [3.05, 3.63) is 72.4 Å². The van der Waals surface area contributed by atoms with Crippen LogP contribution in [0.1, 0.15) is 10.5 Å². The number of aromatic hydroxyl groups is 1. The molecule has 0 aliphatic heterocycles. The average molecular weight is 345 g/mol. The minimum Gasteiger partial charge on any atom is -0.507 e. The van der Waals surface area contributed by atoms with Crippen LogP contribution in [0.15, 0.2) is 66.7 Å². The number of nitrogen functional groups attached to an aromatic ring is 1. The van der Waals surface area contributed by atoms with Crippen molar-refractivity contribution in [2.45, 2.75) is 0 Å². The zero-order chi connectivity index (χ0) is 18.1. The number of hydrogen-bond donors (Lipinski definition) is 3. The molecule has 7 nitrogen and oxygen atoms in total. The quantitative estimate of drug-likeness (QED) is 0.300. The van der Waals surface area contributed by atoms with Crippen LogP contribution in [-0.2, 0) is 0 Å². The summed E-state index contributed by atoms with van der Waals surface area (Å²) in [6.07, 6.45) is 0. The van der Waals surface area contributed by atoms with Crippen molar-refractivity contribution < 1.29 is 9.90 Å². The smallest absolute Gasteiger partial charge is 0.286 e. The molecular formula is C19H15N5O2. The second-order valence-corrected chi connectivity index (χ2v) is 5.65. The van der Waals surface area contributed by atoms with Crippen molar-refractivity contribution in [3.63, 3.8) is 0 Å². The minimum absolute atomic E-state index is 0.130. The normalized spacial score (nSPS) is 10.8. The van der Waals surface area contributed by atoms with E-state index in [0.717, 1.165) is 5.69 Å². The Hall–Kier alpha value is -3.71. The number of hydrogen-bond acceptors (Lipinski definition) is 5. The average Bonchev–Trinajstić information content (AvgIpc) is 3.07. The Morgan fingerprint density at radius 1 is 1.00 bits per heavy atom. The summed E-state index contributed by atoms with van der Waals surface area (Å²) in [7, 11) is 0. The molecule has 0 radical (unpaired) electrons. The SMILES string of the molecule is NNC(=O)c1nn(-c2ccccc2)c2nc(-c3ccccc3O)ccc12. The number of hydrazine groups is 1. The number of phenols is 1.